The molecule has 4 heteroatoms. The van der Waals surface area contributed by atoms with Crippen LogP contribution >= 0.6 is 0 Å². The number of hydrogen-bond donors (Lipinski definition) is 1. The van der Waals surface area contributed by atoms with Crippen LogP contribution in [0.4, 0.5) is 0 Å². The summed E-state index contributed by atoms with van der Waals surface area (Å²) in [5, 5.41) is 0. The van der Waals surface area contributed by atoms with Crippen molar-refractivity contribution in [2.24, 2.45) is 18.7 Å². The topological polar surface area (TPSA) is 47.1 Å². The molecule has 1 heterocycles. The molecular formula is C12H22N4. The molecule has 90 valence electrons. The molecule has 4 nitrogen and oxygen atoms in total. The molecule has 1 aromatic rings. The Labute approximate surface area is 97.4 Å². The Morgan fingerprint density at radius 2 is 2.38 bits per heavy atom. The van der Waals surface area contributed by atoms with Crippen LogP contribution < -0.4 is 5.73 Å². The Bertz CT molecular complexity index is 334. The van der Waals surface area contributed by atoms with Crippen LogP contribution in [0.25, 0.3) is 0 Å². The van der Waals surface area contributed by atoms with E-state index in [9.17, 15) is 0 Å². The monoisotopic (exact) mass is 222 g/mol. The minimum atomic E-state index is 0.640. The molecule has 0 amide bonds. The van der Waals surface area contributed by atoms with Crippen LogP contribution in [0.5, 0.6) is 0 Å². The molecule has 0 aliphatic heterocycles. The molecule has 0 aromatic carbocycles. The summed E-state index contributed by atoms with van der Waals surface area (Å²) in [7, 11) is 4.23. The molecule has 0 spiro atoms. The van der Waals surface area contributed by atoms with Gasteiger partial charge >= 0.3 is 0 Å². The van der Waals surface area contributed by atoms with Crippen molar-refractivity contribution in [1.82, 2.24) is 14.5 Å². The maximum atomic E-state index is 5.82. The van der Waals surface area contributed by atoms with Gasteiger partial charge in [0.1, 0.15) is 5.82 Å². The van der Waals surface area contributed by atoms with E-state index in [2.05, 4.69) is 21.5 Å². The zero-order chi connectivity index (χ0) is 11.5. The van der Waals surface area contributed by atoms with E-state index in [1.807, 2.05) is 19.4 Å². The fourth-order valence-electron chi connectivity index (χ4n) is 2.76. The van der Waals surface area contributed by atoms with E-state index in [4.69, 9.17) is 5.73 Å². The van der Waals surface area contributed by atoms with Gasteiger partial charge in [0, 0.05) is 25.5 Å². The maximum Gasteiger partial charge on any atom is 0.122 e. The smallest absolute Gasteiger partial charge is 0.122 e. The predicted octanol–water partition coefficient (Wildman–Crippen LogP) is 0.979. The van der Waals surface area contributed by atoms with Crippen molar-refractivity contribution >= 4 is 0 Å². The maximum absolute atomic E-state index is 5.82. The summed E-state index contributed by atoms with van der Waals surface area (Å²) in [6, 6.07) is 0.640. The highest BCUT2D eigenvalue weighted by atomic mass is 15.2. The number of imidazole rings is 1. The van der Waals surface area contributed by atoms with Crippen molar-refractivity contribution in [2.45, 2.75) is 31.8 Å². The van der Waals surface area contributed by atoms with Gasteiger partial charge in [-0.15, -0.1) is 0 Å². The van der Waals surface area contributed by atoms with Crippen LogP contribution in [0.2, 0.25) is 0 Å². The Morgan fingerprint density at radius 3 is 3.00 bits per heavy atom. The van der Waals surface area contributed by atoms with Crippen molar-refractivity contribution < 1.29 is 0 Å². The molecule has 1 saturated carbocycles. The van der Waals surface area contributed by atoms with Crippen molar-refractivity contribution in [1.29, 1.82) is 0 Å². The molecule has 2 unspecified atom stereocenters. The molecule has 0 radical (unpaired) electrons. The molecule has 2 N–H and O–H groups in total. The molecule has 2 rings (SSSR count). The van der Waals surface area contributed by atoms with Crippen LogP contribution in [0.1, 0.15) is 25.1 Å². The third-order valence-corrected chi connectivity index (χ3v) is 3.80. The number of rotatable bonds is 4. The molecule has 1 aliphatic rings. The van der Waals surface area contributed by atoms with Gasteiger partial charge in [0.25, 0.3) is 0 Å². The highest BCUT2D eigenvalue weighted by Crippen LogP contribution is 2.29. The number of aromatic nitrogens is 2. The van der Waals surface area contributed by atoms with Gasteiger partial charge in [-0.3, -0.25) is 4.90 Å². The molecule has 1 aliphatic carbocycles. The summed E-state index contributed by atoms with van der Waals surface area (Å²) in [5.41, 5.74) is 5.82. The van der Waals surface area contributed by atoms with Gasteiger partial charge in [0.05, 0.1) is 6.54 Å². The first-order valence-electron chi connectivity index (χ1n) is 6.09. The van der Waals surface area contributed by atoms with Gasteiger partial charge < -0.3 is 10.3 Å². The molecule has 16 heavy (non-hydrogen) atoms. The fraction of sp³-hybridized carbons (Fsp3) is 0.750. The zero-order valence-corrected chi connectivity index (χ0v) is 10.3. The lowest BCUT2D eigenvalue weighted by Crippen LogP contribution is -2.37. The zero-order valence-electron chi connectivity index (χ0n) is 10.3. The Morgan fingerprint density at radius 1 is 1.56 bits per heavy atom. The van der Waals surface area contributed by atoms with Crippen LogP contribution in [-0.4, -0.2) is 34.1 Å². The first-order chi connectivity index (χ1) is 7.72. The van der Waals surface area contributed by atoms with Gasteiger partial charge in [-0.1, -0.05) is 6.42 Å². The third kappa shape index (κ3) is 2.28. The second-order valence-electron chi connectivity index (χ2n) is 4.86. The van der Waals surface area contributed by atoms with Crippen LogP contribution in [0.15, 0.2) is 12.4 Å². The molecule has 1 aromatic heterocycles. The van der Waals surface area contributed by atoms with Gasteiger partial charge in [0.15, 0.2) is 0 Å². The van der Waals surface area contributed by atoms with Gasteiger partial charge in [-0.05, 0) is 32.4 Å². The highest BCUT2D eigenvalue weighted by molar-refractivity contribution is 4.93. The quantitative estimate of drug-likeness (QED) is 0.826. The summed E-state index contributed by atoms with van der Waals surface area (Å²) >= 11 is 0. The normalized spacial score (nSPS) is 25.5. The standard InChI is InChI=1S/C12H22N4/c1-15-7-6-14-12(15)9-16(2)11-5-3-4-10(11)8-13/h6-7,10-11H,3-5,8-9,13H2,1-2H3. The minimum absolute atomic E-state index is 0.640. The lowest BCUT2D eigenvalue weighted by Gasteiger charge is -2.28. The summed E-state index contributed by atoms with van der Waals surface area (Å²) < 4.78 is 2.09. The largest absolute Gasteiger partial charge is 0.337 e. The van der Waals surface area contributed by atoms with E-state index in [-0.39, 0.29) is 0 Å². The number of nitrogens with zero attached hydrogens (tertiary/aromatic N) is 3. The molecule has 1 fully saturated rings. The van der Waals surface area contributed by atoms with E-state index in [1.54, 1.807) is 0 Å². The Hall–Kier alpha value is -0.870. The van der Waals surface area contributed by atoms with E-state index < -0.39 is 0 Å². The average molecular weight is 222 g/mol. The molecule has 0 bridgehead atoms. The third-order valence-electron chi connectivity index (χ3n) is 3.80. The van der Waals surface area contributed by atoms with Crippen LogP contribution in [-0.2, 0) is 13.6 Å². The predicted molar refractivity (Wildman–Crippen MR) is 64.9 cm³/mol. The summed E-state index contributed by atoms with van der Waals surface area (Å²) in [6.45, 7) is 1.74. The molecule has 2 atom stereocenters. The van der Waals surface area contributed by atoms with E-state index in [0.717, 1.165) is 18.9 Å². The first-order valence-corrected chi connectivity index (χ1v) is 6.09. The highest BCUT2D eigenvalue weighted by Gasteiger charge is 2.29. The second kappa shape index (κ2) is 4.97. The Kier molecular flexibility index (Phi) is 3.61. The lowest BCUT2D eigenvalue weighted by molar-refractivity contribution is 0.187. The number of aryl methyl sites for hydroxylation is 1. The van der Waals surface area contributed by atoms with Gasteiger partial charge in [-0.2, -0.15) is 0 Å². The summed E-state index contributed by atoms with van der Waals surface area (Å²) in [4.78, 5) is 6.78. The van der Waals surface area contributed by atoms with Crippen molar-refractivity contribution in [2.75, 3.05) is 13.6 Å². The van der Waals surface area contributed by atoms with Gasteiger partial charge in [0.2, 0.25) is 0 Å². The van der Waals surface area contributed by atoms with E-state index >= 15 is 0 Å². The van der Waals surface area contributed by atoms with E-state index in [1.165, 1.54) is 19.3 Å². The molecule has 0 saturated heterocycles. The van der Waals surface area contributed by atoms with Crippen molar-refractivity contribution in [3.8, 4) is 0 Å². The second-order valence-corrected chi connectivity index (χ2v) is 4.86. The first kappa shape index (κ1) is 11.6. The summed E-state index contributed by atoms with van der Waals surface area (Å²) in [6.07, 6.45) is 7.74. The number of nitrogens with two attached hydrogens (primary N) is 1. The molecular weight excluding hydrogens is 200 g/mol. The van der Waals surface area contributed by atoms with Crippen molar-refractivity contribution in [3.05, 3.63) is 18.2 Å². The van der Waals surface area contributed by atoms with Gasteiger partial charge in [-0.25, -0.2) is 4.98 Å². The minimum Gasteiger partial charge on any atom is -0.337 e. The Balaban J connectivity index is 1.97. The SMILES string of the molecule is CN(Cc1nccn1C)C1CCCC1CN. The number of hydrogen-bond acceptors (Lipinski definition) is 3. The average Bonchev–Trinajstić information content (AvgIpc) is 2.87. The van der Waals surface area contributed by atoms with Crippen molar-refractivity contribution in [3.63, 3.8) is 0 Å². The van der Waals surface area contributed by atoms with Crippen LogP contribution in [0, 0.1) is 5.92 Å². The van der Waals surface area contributed by atoms with E-state index in [0.29, 0.717) is 12.0 Å². The van der Waals surface area contributed by atoms with Crippen LogP contribution in [0.3, 0.4) is 0 Å². The summed E-state index contributed by atoms with van der Waals surface area (Å²) in [5.74, 6) is 1.80. The fourth-order valence-corrected chi connectivity index (χ4v) is 2.76. The lowest BCUT2D eigenvalue weighted by atomic mass is 10.0.